The zero-order chi connectivity index (χ0) is 8.27. The molecular formula is C7H9BO3. The fourth-order valence-electron chi connectivity index (χ4n) is 0.847. The average molecular weight is 152 g/mol. The summed E-state index contributed by atoms with van der Waals surface area (Å²) >= 11 is 0. The van der Waals surface area contributed by atoms with Crippen molar-refractivity contribution in [3.8, 4) is 16.9 Å². The van der Waals surface area contributed by atoms with Crippen LogP contribution in [0, 0.1) is 0 Å². The van der Waals surface area contributed by atoms with Gasteiger partial charge in [-0.2, -0.15) is 0 Å². The topological polar surface area (TPSA) is 49.7 Å². The van der Waals surface area contributed by atoms with Crippen LogP contribution in [0.5, 0.6) is 5.75 Å². The Morgan fingerprint density at radius 1 is 1.18 bits per heavy atom. The van der Waals surface area contributed by atoms with Gasteiger partial charge in [0.05, 0.1) is 7.11 Å². The number of fused-ring (bicyclic) bond motifs is 1. The van der Waals surface area contributed by atoms with E-state index in [1.165, 1.54) is 11.1 Å². The van der Waals surface area contributed by atoms with Crippen molar-refractivity contribution in [2.45, 2.75) is 0 Å². The first-order chi connectivity index (χ1) is 5.31. The molecule has 0 spiro atoms. The smallest absolute Gasteiger partial charge is 0.432 e. The lowest BCUT2D eigenvalue weighted by molar-refractivity contribution is 0.416. The third-order valence-corrected chi connectivity index (χ3v) is 1.39. The van der Waals surface area contributed by atoms with Crippen LogP contribution in [0.1, 0.15) is 0 Å². The maximum atomic E-state index is 7.12. The zero-order valence-electron chi connectivity index (χ0n) is 6.24. The van der Waals surface area contributed by atoms with Gasteiger partial charge in [0.1, 0.15) is 5.75 Å². The van der Waals surface area contributed by atoms with Crippen LogP contribution in [-0.4, -0.2) is 24.8 Å². The largest absolute Gasteiger partial charge is 0.497 e. The lowest BCUT2D eigenvalue weighted by Crippen LogP contribution is -1.75. The predicted octanol–water partition coefficient (Wildman–Crippen LogP) is -0.0869. The fourth-order valence-corrected chi connectivity index (χ4v) is 0.847. The summed E-state index contributed by atoms with van der Waals surface area (Å²) < 4.78 is 4.96. The number of hydrogen-bond acceptors (Lipinski definition) is 3. The molecule has 0 saturated heterocycles. The van der Waals surface area contributed by atoms with Crippen molar-refractivity contribution in [3.63, 3.8) is 0 Å². The molecule has 0 bridgehead atoms. The van der Waals surface area contributed by atoms with E-state index >= 15 is 0 Å². The number of methoxy groups -OCH3 is 1. The molecule has 2 rings (SSSR count). The average Bonchev–Trinajstić information content (AvgIpc) is 2.61. The lowest BCUT2D eigenvalue weighted by Gasteiger charge is -1.88. The molecule has 0 amide bonds. The van der Waals surface area contributed by atoms with Gasteiger partial charge in [-0.05, 0) is 29.3 Å². The Bertz CT molecular complexity index is 229. The second-order valence-electron chi connectivity index (χ2n) is 2.09. The second kappa shape index (κ2) is 3.41. The van der Waals surface area contributed by atoms with E-state index < -0.39 is 7.69 Å². The minimum atomic E-state index is -0.750. The summed E-state index contributed by atoms with van der Waals surface area (Å²) in [6.45, 7) is 0. The summed E-state index contributed by atoms with van der Waals surface area (Å²) in [6, 6.07) is 6.20. The van der Waals surface area contributed by atoms with E-state index in [1.807, 2.05) is 12.1 Å². The fraction of sp³-hybridized carbons (Fsp3) is 0.143. The molecule has 0 radical (unpaired) electrons. The Labute approximate surface area is 65.6 Å². The van der Waals surface area contributed by atoms with Crippen molar-refractivity contribution in [1.29, 1.82) is 0 Å². The third-order valence-electron chi connectivity index (χ3n) is 1.39. The Kier molecular flexibility index (Phi) is 2.51. The first kappa shape index (κ1) is 8.10. The normalized spacial score (nSPS) is 9.36. The van der Waals surface area contributed by atoms with E-state index in [9.17, 15) is 0 Å². The molecule has 2 aliphatic carbocycles. The van der Waals surface area contributed by atoms with Gasteiger partial charge in [0.25, 0.3) is 0 Å². The van der Waals surface area contributed by atoms with Gasteiger partial charge >= 0.3 is 7.69 Å². The monoisotopic (exact) mass is 152 g/mol. The van der Waals surface area contributed by atoms with Crippen molar-refractivity contribution in [2.75, 3.05) is 7.11 Å². The van der Waals surface area contributed by atoms with E-state index in [-0.39, 0.29) is 0 Å². The molecule has 0 unspecified atom stereocenters. The predicted molar refractivity (Wildman–Crippen MR) is 43.6 cm³/mol. The van der Waals surface area contributed by atoms with E-state index in [2.05, 4.69) is 6.07 Å². The van der Waals surface area contributed by atoms with E-state index in [0.717, 1.165) is 5.75 Å². The first-order valence-electron chi connectivity index (χ1n) is 3.23. The highest BCUT2D eigenvalue weighted by Crippen LogP contribution is 2.39. The summed E-state index contributed by atoms with van der Waals surface area (Å²) in [6.07, 6.45) is 0. The van der Waals surface area contributed by atoms with E-state index in [4.69, 9.17) is 14.8 Å². The summed E-state index contributed by atoms with van der Waals surface area (Å²) in [5.74, 6) is 0.984. The molecule has 0 aromatic carbocycles. The highest BCUT2D eigenvalue weighted by Gasteiger charge is 2.13. The molecule has 0 aliphatic heterocycles. The van der Waals surface area contributed by atoms with Crippen molar-refractivity contribution >= 4 is 7.69 Å². The summed E-state index contributed by atoms with van der Waals surface area (Å²) in [5, 5.41) is 14.2. The van der Waals surface area contributed by atoms with Gasteiger partial charge in [-0.1, -0.05) is 0 Å². The highest BCUT2D eigenvalue weighted by atomic mass is 16.5. The molecule has 2 aliphatic rings. The van der Waals surface area contributed by atoms with Crippen LogP contribution in [0.2, 0.25) is 0 Å². The number of ether oxygens (including phenoxy) is 1. The van der Waals surface area contributed by atoms with Crippen molar-refractivity contribution in [3.05, 3.63) is 18.2 Å². The standard InChI is InChI=1S/C7H6O.BH3O2/c1-8-7-3-5-2-6(5)4-7;2-1-3/h2-4H,1H3;1-3H. The summed E-state index contributed by atoms with van der Waals surface area (Å²) in [4.78, 5) is 0. The highest BCUT2D eigenvalue weighted by molar-refractivity contribution is 6.13. The molecule has 0 atom stereocenters. The SMILES string of the molecule is COc1cc2cc-2c1.OBO. The van der Waals surface area contributed by atoms with Crippen LogP contribution in [0.3, 0.4) is 0 Å². The van der Waals surface area contributed by atoms with Crippen LogP contribution in [-0.2, 0) is 0 Å². The molecule has 4 heteroatoms. The molecule has 0 aromatic heterocycles. The Hall–Kier alpha value is -0.995. The lowest BCUT2D eigenvalue weighted by atomic mass is 10.5. The van der Waals surface area contributed by atoms with Gasteiger partial charge in [-0.15, -0.1) is 0 Å². The Morgan fingerprint density at radius 2 is 1.64 bits per heavy atom. The molecule has 0 heterocycles. The molecular weight excluding hydrogens is 143 g/mol. The summed E-state index contributed by atoms with van der Waals surface area (Å²) in [5.41, 5.74) is 2.67. The van der Waals surface area contributed by atoms with E-state index in [0.29, 0.717) is 0 Å². The summed E-state index contributed by atoms with van der Waals surface area (Å²) in [7, 11) is 0.939. The Morgan fingerprint density at radius 3 is 1.91 bits per heavy atom. The van der Waals surface area contributed by atoms with Crippen molar-refractivity contribution in [1.82, 2.24) is 0 Å². The number of benzene rings is 1. The van der Waals surface area contributed by atoms with Crippen LogP contribution >= 0.6 is 0 Å². The second-order valence-corrected chi connectivity index (χ2v) is 2.09. The molecule has 0 fully saturated rings. The molecule has 0 saturated carbocycles. The van der Waals surface area contributed by atoms with E-state index in [1.54, 1.807) is 7.11 Å². The van der Waals surface area contributed by atoms with Crippen molar-refractivity contribution < 1.29 is 14.8 Å². The van der Waals surface area contributed by atoms with Crippen LogP contribution in [0.25, 0.3) is 11.1 Å². The van der Waals surface area contributed by atoms with Gasteiger partial charge in [0.2, 0.25) is 0 Å². The third kappa shape index (κ3) is 1.96. The minimum Gasteiger partial charge on any atom is -0.497 e. The van der Waals surface area contributed by atoms with Crippen LogP contribution in [0.15, 0.2) is 18.2 Å². The molecule has 3 nitrogen and oxygen atoms in total. The molecule has 0 aromatic rings. The molecule has 2 N–H and O–H groups in total. The van der Waals surface area contributed by atoms with Crippen LogP contribution in [0.4, 0.5) is 0 Å². The maximum absolute atomic E-state index is 7.12. The van der Waals surface area contributed by atoms with Gasteiger partial charge in [0, 0.05) is 0 Å². The minimum absolute atomic E-state index is 0.750. The number of hydrogen-bond donors (Lipinski definition) is 2. The van der Waals surface area contributed by atoms with Gasteiger partial charge in [-0.3, -0.25) is 0 Å². The van der Waals surface area contributed by atoms with Gasteiger partial charge in [0.15, 0.2) is 0 Å². The Balaban J connectivity index is 0.000000179. The maximum Gasteiger partial charge on any atom is 0.432 e. The first-order valence-corrected chi connectivity index (χ1v) is 3.23. The van der Waals surface area contributed by atoms with Crippen molar-refractivity contribution in [2.24, 2.45) is 0 Å². The van der Waals surface area contributed by atoms with Gasteiger partial charge < -0.3 is 14.8 Å². The van der Waals surface area contributed by atoms with Crippen LogP contribution < -0.4 is 4.74 Å². The zero-order valence-corrected chi connectivity index (χ0v) is 6.24. The number of rotatable bonds is 1. The van der Waals surface area contributed by atoms with Gasteiger partial charge in [-0.25, -0.2) is 0 Å². The molecule has 11 heavy (non-hydrogen) atoms. The molecule has 58 valence electrons. The quantitative estimate of drug-likeness (QED) is 0.561.